The molecule has 0 spiro atoms. The number of aryl methyl sites for hydroxylation is 2. The average Bonchev–Trinajstić information content (AvgIpc) is 2.80. The Morgan fingerprint density at radius 3 is 2.58 bits per heavy atom. The molecule has 0 aliphatic heterocycles. The van der Waals surface area contributed by atoms with Crippen LogP contribution in [0.1, 0.15) is 52.9 Å². The standard InChI is InChI=1S/C24H28N2O5/c1-16(18-11-10-17-6-3-4-7-19(17)12-18)26-22(27)15-31-23(28)14-25-24(29)20-8-5-9-21(13-20)30-2/h5,8-13,16H,3-4,6-7,14-15H2,1-2H3,(H,25,29)(H,26,27)/t16-/m0/s1. The summed E-state index contributed by atoms with van der Waals surface area (Å²) >= 11 is 0. The van der Waals surface area contributed by atoms with E-state index >= 15 is 0 Å². The third kappa shape index (κ3) is 6.31. The van der Waals surface area contributed by atoms with E-state index in [1.165, 1.54) is 31.1 Å². The van der Waals surface area contributed by atoms with Crippen molar-refractivity contribution in [2.24, 2.45) is 0 Å². The van der Waals surface area contributed by atoms with Crippen molar-refractivity contribution >= 4 is 17.8 Å². The van der Waals surface area contributed by atoms with Crippen LogP contribution in [0.15, 0.2) is 42.5 Å². The largest absolute Gasteiger partial charge is 0.497 e. The van der Waals surface area contributed by atoms with Crippen LogP contribution in [0, 0.1) is 0 Å². The summed E-state index contributed by atoms with van der Waals surface area (Å²) < 4.78 is 10.0. The highest BCUT2D eigenvalue weighted by Gasteiger charge is 2.16. The summed E-state index contributed by atoms with van der Waals surface area (Å²) in [7, 11) is 1.51. The topological polar surface area (TPSA) is 93.7 Å². The molecule has 0 radical (unpaired) electrons. The lowest BCUT2D eigenvalue weighted by atomic mass is 9.89. The first kappa shape index (κ1) is 22.3. The van der Waals surface area contributed by atoms with Crippen molar-refractivity contribution in [2.75, 3.05) is 20.3 Å². The molecule has 2 amide bonds. The van der Waals surface area contributed by atoms with Crippen molar-refractivity contribution < 1.29 is 23.9 Å². The SMILES string of the molecule is COc1cccc(C(=O)NCC(=O)OCC(=O)N[C@@H](C)c2ccc3c(c2)CCCC3)c1. The van der Waals surface area contributed by atoms with E-state index in [1.54, 1.807) is 24.3 Å². The molecule has 1 aliphatic rings. The molecular weight excluding hydrogens is 396 g/mol. The minimum Gasteiger partial charge on any atom is -0.497 e. The minimum atomic E-state index is -0.687. The number of carbonyl (C=O) groups excluding carboxylic acids is 3. The number of esters is 1. The van der Waals surface area contributed by atoms with E-state index in [9.17, 15) is 14.4 Å². The van der Waals surface area contributed by atoms with Gasteiger partial charge in [0.25, 0.3) is 11.8 Å². The molecule has 7 nitrogen and oxygen atoms in total. The Balaban J connectivity index is 1.41. The Hall–Kier alpha value is -3.35. The van der Waals surface area contributed by atoms with E-state index in [0.29, 0.717) is 11.3 Å². The average molecular weight is 424 g/mol. The number of methoxy groups -OCH3 is 1. The Morgan fingerprint density at radius 2 is 1.81 bits per heavy atom. The van der Waals surface area contributed by atoms with Crippen LogP contribution in [0.3, 0.4) is 0 Å². The van der Waals surface area contributed by atoms with Gasteiger partial charge in [0.05, 0.1) is 13.2 Å². The van der Waals surface area contributed by atoms with Gasteiger partial charge in [-0.2, -0.15) is 0 Å². The Bertz CT molecular complexity index is 957. The highest BCUT2D eigenvalue weighted by Crippen LogP contribution is 2.24. The van der Waals surface area contributed by atoms with Crippen molar-refractivity contribution in [1.82, 2.24) is 10.6 Å². The molecular formula is C24H28N2O5. The molecule has 0 heterocycles. The molecule has 0 unspecified atom stereocenters. The van der Waals surface area contributed by atoms with Gasteiger partial charge in [-0.3, -0.25) is 14.4 Å². The zero-order valence-electron chi connectivity index (χ0n) is 17.9. The first-order valence-corrected chi connectivity index (χ1v) is 10.4. The van der Waals surface area contributed by atoms with Gasteiger partial charge in [-0.25, -0.2) is 0 Å². The maximum atomic E-state index is 12.2. The van der Waals surface area contributed by atoms with E-state index in [0.717, 1.165) is 18.4 Å². The molecule has 1 atom stereocenters. The number of carbonyl (C=O) groups is 3. The van der Waals surface area contributed by atoms with Crippen molar-refractivity contribution in [1.29, 1.82) is 0 Å². The summed E-state index contributed by atoms with van der Waals surface area (Å²) in [6.45, 7) is 1.17. The van der Waals surface area contributed by atoms with Crippen LogP contribution in [0.25, 0.3) is 0 Å². The lowest BCUT2D eigenvalue weighted by molar-refractivity contribution is -0.147. The van der Waals surface area contributed by atoms with E-state index in [-0.39, 0.29) is 12.6 Å². The maximum absolute atomic E-state index is 12.2. The van der Waals surface area contributed by atoms with Gasteiger partial charge in [0.2, 0.25) is 0 Å². The second-order valence-corrected chi connectivity index (χ2v) is 7.60. The molecule has 0 saturated heterocycles. The quantitative estimate of drug-likeness (QED) is 0.636. The molecule has 0 bridgehead atoms. The molecule has 0 fully saturated rings. The van der Waals surface area contributed by atoms with Gasteiger partial charge in [-0.15, -0.1) is 0 Å². The molecule has 2 aromatic carbocycles. The van der Waals surface area contributed by atoms with Gasteiger partial charge < -0.3 is 20.1 Å². The maximum Gasteiger partial charge on any atom is 0.325 e. The lowest BCUT2D eigenvalue weighted by Gasteiger charge is -2.20. The normalized spacial score (nSPS) is 13.5. The van der Waals surface area contributed by atoms with Crippen LogP contribution in [0.2, 0.25) is 0 Å². The molecule has 3 rings (SSSR count). The summed E-state index contributed by atoms with van der Waals surface area (Å²) in [6, 6.07) is 12.7. The van der Waals surface area contributed by atoms with Crippen LogP contribution >= 0.6 is 0 Å². The number of hydrogen-bond donors (Lipinski definition) is 2. The fraction of sp³-hybridized carbons (Fsp3) is 0.375. The van der Waals surface area contributed by atoms with Gasteiger partial charge in [0, 0.05) is 5.56 Å². The predicted octanol–water partition coefficient (Wildman–Crippen LogP) is 2.72. The number of nitrogens with one attached hydrogen (secondary N) is 2. The first-order chi connectivity index (χ1) is 15.0. The van der Waals surface area contributed by atoms with Crippen LogP contribution in [0.5, 0.6) is 5.75 Å². The van der Waals surface area contributed by atoms with Gasteiger partial charge >= 0.3 is 5.97 Å². The summed E-state index contributed by atoms with van der Waals surface area (Å²) in [5.74, 6) is -0.966. The van der Waals surface area contributed by atoms with Crippen LogP contribution in [-0.2, 0) is 27.2 Å². The highest BCUT2D eigenvalue weighted by molar-refractivity contribution is 5.96. The van der Waals surface area contributed by atoms with Crippen LogP contribution in [-0.4, -0.2) is 38.0 Å². The number of amides is 2. The molecule has 1 aliphatic carbocycles. The van der Waals surface area contributed by atoms with Crippen molar-refractivity contribution in [2.45, 2.75) is 38.6 Å². The molecule has 164 valence electrons. The van der Waals surface area contributed by atoms with E-state index in [1.807, 2.05) is 13.0 Å². The second-order valence-electron chi connectivity index (χ2n) is 7.60. The smallest absolute Gasteiger partial charge is 0.325 e. The fourth-order valence-electron chi connectivity index (χ4n) is 3.61. The van der Waals surface area contributed by atoms with E-state index in [4.69, 9.17) is 9.47 Å². The summed E-state index contributed by atoms with van der Waals surface area (Å²) in [5, 5.41) is 5.31. The molecule has 31 heavy (non-hydrogen) atoms. The van der Waals surface area contributed by atoms with Gasteiger partial charge in [0.15, 0.2) is 6.61 Å². The van der Waals surface area contributed by atoms with Crippen molar-refractivity contribution in [3.8, 4) is 5.75 Å². The van der Waals surface area contributed by atoms with Crippen LogP contribution in [0.4, 0.5) is 0 Å². The Labute approximate surface area is 182 Å². The monoisotopic (exact) mass is 424 g/mol. The second kappa shape index (κ2) is 10.6. The van der Waals surface area contributed by atoms with Gasteiger partial charge in [0.1, 0.15) is 12.3 Å². The fourth-order valence-corrected chi connectivity index (χ4v) is 3.61. The first-order valence-electron chi connectivity index (χ1n) is 10.4. The molecule has 7 heteroatoms. The van der Waals surface area contributed by atoms with Gasteiger partial charge in [-0.1, -0.05) is 24.3 Å². The third-order valence-electron chi connectivity index (χ3n) is 5.34. The highest BCUT2D eigenvalue weighted by atomic mass is 16.5. The molecule has 2 aromatic rings. The summed E-state index contributed by atoms with van der Waals surface area (Å²) in [4.78, 5) is 36.1. The van der Waals surface area contributed by atoms with Crippen molar-refractivity contribution in [3.63, 3.8) is 0 Å². The number of hydrogen-bond acceptors (Lipinski definition) is 5. The summed E-state index contributed by atoms with van der Waals surface area (Å²) in [6.07, 6.45) is 4.61. The third-order valence-corrected chi connectivity index (χ3v) is 5.34. The van der Waals surface area contributed by atoms with E-state index < -0.39 is 24.4 Å². The predicted molar refractivity (Wildman–Crippen MR) is 116 cm³/mol. The number of rotatable bonds is 8. The number of benzene rings is 2. The van der Waals surface area contributed by atoms with Crippen LogP contribution < -0.4 is 15.4 Å². The molecule has 0 aromatic heterocycles. The summed E-state index contributed by atoms with van der Waals surface area (Å²) in [5.41, 5.74) is 4.14. The number of fused-ring (bicyclic) bond motifs is 1. The molecule has 0 saturated carbocycles. The van der Waals surface area contributed by atoms with Gasteiger partial charge in [-0.05, 0) is 67.5 Å². The Kier molecular flexibility index (Phi) is 7.65. The van der Waals surface area contributed by atoms with E-state index in [2.05, 4.69) is 22.8 Å². The lowest BCUT2D eigenvalue weighted by Crippen LogP contribution is -2.34. The van der Waals surface area contributed by atoms with Crippen molar-refractivity contribution in [3.05, 3.63) is 64.7 Å². The minimum absolute atomic E-state index is 0.189. The number of ether oxygens (including phenoxy) is 2. The zero-order chi connectivity index (χ0) is 22.2. The zero-order valence-corrected chi connectivity index (χ0v) is 17.9. The molecule has 2 N–H and O–H groups in total. The Morgan fingerprint density at radius 1 is 1.03 bits per heavy atom.